The van der Waals surface area contributed by atoms with Crippen LogP contribution in [0.4, 0.5) is 0 Å². The van der Waals surface area contributed by atoms with E-state index in [-0.39, 0.29) is 23.6 Å². The number of aryl methyl sites for hydroxylation is 1. The first-order valence-electron chi connectivity index (χ1n) is 10.2. The van der Waals surface area contributed by atoms with E-state index in [0.717, 1.165) is 24.0 Å². The van der Waals surface area contributed by atoms with Crippen LogP contribution in [0.1, 0.15) is 58.1 Å². The van der Waals surface area contributed by atoms with Crippen LogP contribution in [0.2, 0.25) is 5.02 Å². The molecule has 0 atom stereocenters. The first-order valence-corrected chi connectivity index (χ1v) is 10.6. The molecule has 1 N–H and O–H groups in total. The second kappa shape index (κ2) is 9.04. The lowest BCUT2D eigenvalue weighted by Crippen LogP contribution is -2.14. The Labute approximate surface area is 181 Å². The summed E-state index contributed by atoms with van der Waals surface area (Å²) >= 11 is 6.06. The number of aromatic nitrogens is 3. The van der Waals surface area contributed by atoms with Crippen LogP contribution in [0.3, 0.4) is 0 Å². The van der Waals surface area contributed by atoms with Gasteiger partial charge in [0, 0.05) is 17.0 Å². The Bertz CT molecular complexity index is 1050. The van der Waals surface area contributed by atoms with E-state index in [4.69, 9.17) is 16.3 Å². The number of unbranched alkanes of at least 4 members (excludes halogenated alkanes) is 1. The number of aromatic hydroxyl groups is 1. The molecule has 160 valence electrons. The Morgan fingerprint density at radius 1 is 1.17 bits per heavy atom. The molecule has 30 heavy (non-hydrogen) atoms. The molecule has 1 aromatic heterocycles. The normalized spacial score (nSPS) is 11.8. The lowest BCUT2D eigenvalue weighted by atomic mass is 9.84. The highest BCUT2D eigenvalue weighted by molar-refractivity contribution is 6.31. The summed E-state index contributed by atoms with van der Waals surface area (Å²) in [4.78, 5) is 13.5. The first kappa shape index (κ1) is 22.1. The Hall–Kier alpha value is -2.60. The fourth-order valence-corrected chi connectivity index (χ4v) is 3.36. The highest BCUT2D eigenvalue weighted by Crippen LogP contribution is 2.36. The van der Waals surface area contributed by atoms with Crippen molar-refractivity contribution < 1.29 is 14.6 Å². The monoisotopic (exact) mass is 429 g/mol. The summed E-state index contributed by atoms with van der Waals surface area (Å²) in [5, 5.41) is 20.5. The largest absolute Gasteiger partial charge is 0.505 e. The molecule has 0 amide bonds. The third-order valence-corrected chi connectivity index (χ3v) is 5.13. The number of hydrogen-bond acceptors (Lipinski definition) is 5. The number of carbonyl (C=O) groups excluding carboxylic acids is 1. The molecule has 0 fully saturated rings. The van der Waals surface area contributed by atoms with Crippen molar-refractivity contribution in [3.8, 4) is 11.4 Å². The molecule has 0 saturated heterocycles. The summed E-state index contributed by atoms with van der Waals surface area (Å²) < 4.78 is 5.26. The van der Waals surface area contributed by atoms with Gasteiger partial charge in [0.15, 0.2) is 0 Å². The summed E-state index contributed by atoms with van der Waals surface area (Å²) in [5.41, 5.74) is 3.19. The molecule has 3 aromatic rings. The van der Waals surface area contributed by atoms with Crippen LogP contribution >= 0.6 is 11.6 Å². The maximum absolute atomic E-state index is 12.0. The Kier molecular flexibility index (Phi) is 6.66. The van der Waals surface area contributed by atoms with E-state index in [9.17, 15) is 9.90 Å². The molecule has 7 heteroatoms. The smallest absolute Gasteiger partial charge is 0.306 e. The lowest BCUT2D eigenvalue weighted by Gasteiger charge is -2.23. The fourth-order valence-electron chi connectivity index (χ4n) is 3.19. The van der Waals surface area contributed by atoms with E-state index in [0.29, 0.717) is 34.8 Å². The number of fused-ring (bicyclic) bond motifs is 1. The van der Waals surface area contributed by atoms with Gasteiger partial charge in [0.25, 0.3) is 0 Å². The quantitative estimate of drug-likeness (QED) is 0.404. The van der Waals surface area contributed by atoms with Crippen molar-refractivity contribution in [3.63, 3.8) is 0 Å². The van der Waals surface area contributed by atoms with Crippen molar-refractivity contribution in [1.82, 2.24) is 15.0 Å². The summed E-state index contributed by atoms with van der Waals surface area (Å²) in [6, 6.07) is 9.05. The van der Waals surface area contributed by atoms with Gasteiger partial charge in [-0.2, -0.15) is 0 Å². The predicted molar refractivity (Wildman–Crippen MR) is 118 cm³/mol. The fraction of sp³-hybridized carbons (Fsp3) is 0.435. The average molecular weight is 430 g/mol. The van der Waals surface area contributed by atoms with Crippen LogP contribution < -0.4 is 0 Å². The number of rotatable bonds is 7. The molecule has 1 heterocycles. The molecule has 0 unspecified atom stereocenters. The predicted octanol–water partition coefficient (Wildman–Crippen LogP) is 5.35. The van der Waals surface area contributed by atoms with E-state index in [1.54, 1.807) is 18.2 Å². The highest BCUT2D eigenvalue weighted by Gasteiger charge is 2.23. The zero-order chi connectivity index (χ0) is 21.9. The molecule has 0 saturated carbocycles. The number of phenolic OH excluding ortho intramolecular Hbond substituents is 1. The van der Waals surface area contributed by atoms with Gasteiger partial charge in [-0.3, -0.25) is 4.79 Å². The molecule has 0 aliphatic carbocycles. The Morgan fingerprint density at radius 3 is 2.60 bits per heavy atom. The molecule has 6 nitrogen and oxygen atoms in total. The van der Waals surface area contributed by atoms with E-state index in [1.807, 2.05) is 32.9 Å². The van der Waals surface area contributed by atoms with Gasteiger partial charge in [-0.25, -0.2) is 0 Å². The molecular formula is C23H28ClN3O3. The van der Waals surface area contributed by atoms with E-state index >= 15 is 0 Å². The van der Waals surface area contributed by atoms with Crippen LogP contribution in [0.15, 0.2) is 30.3 Å². The van der Waals surface area contributed by atoms with E-state index < -0.39 is 0 Å². The minimum atomic E-state index is -0.299. The van der Waals surface area contributed by atoms with Crippen molar-refractivity contribution in [2.75, 3.05) is 6.61 Å². The number of hydrogen-bond donors (Lipinski definition) is 1. The standard InChI is InChI=1S/C23H28ClN3O3/c1-5-6-11-30-21(28)10-7-15-12-17(23(2,3)4)22(29)20(13-15)27-25-18-9-8-16(24)14-19(18)26-27/h8-9,12-14,29H,5-7,10-11H2,1-4H3. The summed E-state index contributed by atoms with van der Waals surface area (Å²) in [6.45, 7) is 8.60. The topological polar surface area (TPSA) is 77.2 Å². The van der Waals surface area contributed by atoms with Gasteiger partial charge in [0.2, 0.25) is 0 Å². The first-order chi connectivity index (χ1) is 14.2. The minimum absolute atomic E-state index is 0.128. The van der Waals surface area contributed by atoms with Crippen LogP contribution in [0.25, 0.3) is 16.7 Å². The van der Waals surface area contributed by atoms with Crippen LogP contribution in [-0.2, 0) is 21.4 Å². The summed E-state index contributed by atoms with van der Waals surface area (Å²) in [6.07, 6.45) is 2.64. The molecule has 0 bridgehead atoms. The van der Waals surface area contributed by atoms with Gasteiger partial charge in [-0.05, 0) is 48.1 Å². The maximum atomic E-state index is 12.0. The molecule has 0 radical (unpaired) electrons. The molecule has 0 aliphatic rings. The molecule has 2 aromatic carbocycles. The van der Waals surface area contributed by atoms with Crippen LogP contribution in [0, 0.1) is 0 Å². The van der Waals surface area contributed by atoms with Gasteiger partial charge in [0.1, 0.15) is 22.5 Å². The molecule has 0 aliphatic heterocycles. The molecule has 3 rings (SSSR count). The van der Waals surface area contributed by atoms with Crippen molar-refractivity contribution in [3.05, 3.63) is 46.5 Å². The number of esters is 1. The van der Waals surface area contributed by atoms with Gasteiger partial charge >= 0.3 is 5.97 Å². The minimum Gasteiger partial charge on any atom is -0.505 e. The van der Waals surface area contributed by atoms with Crippen LogP contribution in [0.5, 0.6) is 5.75 Å². The number of carbonyl (C=O) groups is 1. The SMILES string of the molecule is CCCCOC(=O)CCc1cc(-n2nc3ccc(Cl)cc3n2)c(O)c(C(C)(C)C)c1. The zero-order valence-electron chi connectivity index (χ0n) is 17.9. The number of ether oxygens (including phenoxy) is 1. The van der Waals surface area contributed by atoms with Gasteiger partial charge in [-0.15, -0.1) is 15.0 Å². The zero-order valence-corrected chi connectivity index (χ0v) is 18.7. The van der Waals surface area contributed by atoms with Crippen molar-refractivity contribution in [2.45, 2.75) is 58.8 Å². The second-order valence-electron chi connectivity index (χ2n) is 8.46. The summed E-state index contributed by atoms with van der Waals surface area (Å²) in [7, 11) is 0. The van der Waals surface area contributed by atoms with Crippen molar-refractivity contribution in [1.29, 1.82) is 0 Å². The molecule has 0 spiro atoms. The average Bonchev–Trinajstić information content (AvgIpc) is 3.09. The van der Waals surface area contributed by atoms with E-state index in [1.165, 1.54) is 4.80 Å². The number of halogens is 1. The van der Waals surface area contributed by atoms with Crippen molar-refractivity contribution >= 4 is 28.6 Å². The number of nitrogens with zero attached hydrogens (tertiary/aromatic N) is 3. The third-order valence-electron chi connectivity index (χ3n) is 4.89. The van der Waals surface area contributed by atoms with Gasteiger partial charge in [-0.1, -0.05) is 51.8 Å². The van der Waals surface area contributed by atoms with E-state index in [2.05, 4.69) is 17.1 Å². The second-order valence-corrected chi connectivity index (χ2v) is 8.89. The van der Waals surface area contributed by atoms with Gasteiger partial charge in [0.05, 0.1) is 6.61 Å². The Balaban J connectivity index is 1.95. The number of benzene rings is 2. The number of phenols is 1. The van der Waals surface area contributed by atoms with Gasteiger partial charge < -0.3 is 9.84 Å². The Morgan fingerprint density at radius 2 is 1.90 bits per heavy atom. The lowest BCUT2D eigenvalue weighted by molar-refractivity contribution is -0.143. The molecular weight excluding hydrogens is 402 g/mol. The van der Waals surface area contributed by atoms with Crippen LogP contribution in [-0.4, -0.2) is 32.7 Å². The highest BCUT2D eigenvalue weighted by atomic mass is 35.5. The maximum Gasteiger partial charge on any atom is 0.306 e. The third kappa shape index (κ3) is 5.11. The van der Waals surface area contributed by atoms with Crippen molar-refractivity contribution in [2.24, 2.45) is 0 Å². The summed E-state index contributed by atoms with van der Waals surface area (Å²) in [5.74, 6) is -0.0869.